The van der Waals surface area contributed by atoms with Crippen LogP contribution in [-0.4, -0.2) is 12.7 Å². The summed E-state index contributed by atoms with van der Waals surface area (Å²) in [4.78, 5) is 12.4. The average molecular weight is 344 g/mol. The van der Waals surface area contributed by atoms with Gasteiger partial charge in [0.2, 0.25) is 6.79 Å². The molecule has 0 unspecified atom stereocenters. The molecule has 1 amide bonds. The Balaban J connectivity index is 1.53. The van der Waals surface area contributed by atoms with Gasteiger partial charge in [0, 0.05) is 22.5 Å². The van der Waals surface area contributed by atoms with Gasteiger partial charge in [-0.15, -0.1) is 0 Å². The van der Waals surface area contributed by atoms with Gasteiger partial charge in [0.05, 0.1) is 0 Å². The summed E-state index contributed by atoms with van der Waals surface area (Å²) < 4.78 is 16.3. The van der Waals surface area contributed by atoms with Crippen molar-refractivity contribution in [3.05, 3.63) is 58.3 Å². The van der Waals surface area contributed by atoms with E-state index in [1.54, 1.807) is 18.2 Å². The summed E-state index contributed by atoms with van der Waals surface area (Å²) in [5.74, 6) is 1.44. The van der Waals surface area contributed by atoms with Gasteiger partial charge in [0.15, 0.2) is 17.3 Å². The zero-order valence-electron chi connectivity index (χ0n) is 12.9. The van der Waals surface area contributed by atoms with Crippen LogP contribution in [-0.2, 0) is 6.54 Å². The van der Waals surface area contributed by atoms with Crippen molar-refractivity contribution in [3.8, 4) is 11.5 Å². The zero-order chi connectivity index (χ0) is 16.7. The van der Waals surface area contributed by atoms with E-state index in [2.05, 4.69) is 5.32 Å². The van der Waals surface area contributed by atoms with Gasteiger partial charge < -0.3 is 19.2 Å². The monoisotopic (exact) mass is 343 g/mol. The maximum absolute atomic E-state index is 12.4. The number of hydrogen-bond donors (Lipinski definition) is 1. The SMILES string of the molecule is Cc1c(C(=O)NCc2ccc3c(c2)OCO3)oc2ccc(Cl)cc12. The van der Waals surface area contributed by atoms with Gasteiger partial charge in [0.1, 0.15) is 5.58 Å². The van der Waals surface area contributed by atoms with E-state index in [0.29, 0.717) is 28.7 Å². The molecule has 0 saturated carbocycles. The second kappa shape index (κ2) is 5.76. The number of furan rings is 1. The summed E-state index contributed by atoms with van der Waals surface area (Å²) in [6, 6.07) is 10.9. The normalized spacial score (nSPS) is 12.6. The third kappa shape index (κ3) is 2.57. The van der Waals surface area contributed by atoms with Crippen LogP contribution in [0, 0.1) is 6.92 Å². The molecule has 3 aromatic rings. The first-order valence-electron chi connectivity index (χ1n) is 7.47. The Morgan fingerprint density at radius 2 is 2.00 bits per heavy atom. The number of carbonyl (C=O) groups excluding carboxylic acids is 1. The molecule has 1 aromatic heterocycles. The number of nitrogens with one attached hydrogen (secondary N) is 1. The molecule has 0 bridgehead atoms. The van der Waals surface area contributed by atoms with Crippen molar-refractivity contribution in [1.82, 2.24) is 5.32 Å². The Hall–Kier alpha value is -2.66. The molecule has 0 atom stereocenters. The lowest BCUT2D eigenvalue weighted by Crippen LogP contribution is -2.22. The minimum absolute atomic E-state index is 0.228. The topological polar surface area (TPSA) is 60.7 Å². The van der Waals surface area contributed by atoms with Crippen molar-refractivity contribution >= 4 is 28.5 Å². The van der Waals surface area contributed by atoms with Crippen LogP contribution in [0.25, 0.3) is 11.0 Å². The summed E-state index contributed by atoms with van der Waals surface area (Å²) in [7, 11) is 0. The zero-order valence-corrected chi connectivity index (χ0v) is 13.6. The predicted octanol–water partition coefficient (Wildman–Crippen LogP) is 4.05. The summed E-state index contributed by atoms with van der Waals surface area (Å²) in [6.07, 6.45) is 0. The first-order chi connectivity index (χ1) is 11.6. The van der Waals surface area contributed by atoms with Crippen LogP contribution in [0.5, 0.6) is 11.5 Å². The van der Waals surface area contributed by atoms with Crippen molar-refractivity contribution in [1.29, 1.82) is 0 Å². The Labute approximate surface area is 143 Å². The summed E-state index contributed by atoms with van der Waals surface area (Å²) in [6.45, 7) is 2.44. The number of rotatable bonds is 3. The Morgan fingerprint density at radius 1 is 1.17 bits per heavy atom. The molecule has 0 aliphatic carbocycles. The van der Waals surface area contributed by atoms with Crippen LogP contribution in [0.4, 0.5) is 0 Å². The second-order valence-corrected chi connectivity index (χ2v) is 6.00. The maximum atomic E-state index is 12.4. The molecule has 2 heterocycles. The molecule has 4 rings (SSSR count). The molecule has 0 spiro atoms. The minimum atomic E-state index is -0.266. The molecule has 2 aromatic carbocycles. The van der Waals surface area contributed by atoms with Gasteiger partial charge in [-0.1, -0.05) is 17.7 Å². The number of fused-ring (bicyclic) bond motifs is 2. The largest absolute Gasteiger partial charge is 0.454 e. The molecule has 0 saturated heterocycles. The van der Waals surface area contributed by atoms with Gasteiger partial charge in [-0.2, -0.15) is 0 Å². The number of hydrogen-bond acceptors (Lipinski definition) is 4. The standard InChI is InChI=1S/C18H14ClNO4/c1-10-13-7-12(19)3-5-14(13)24-17(10)18(21)20-8-11-2-4-15-16(6-11)23-9-22-15/h2-7H,8-9H2,1H3,(H,20,21). The van der Waals surface area contributed by atoms with Gasteiger partial charge in [0.25, 0.3) is 5.91 Å². The van der Waals surface area contributed by atoms with Crippen LogP contribution in [0.3, 0.4) is 0 Å². The minimum Gasteiger partial charge on any atom is -0.454 e. The summed E-state index contributed by atoms with van der Waals surface area (Å²) in [5, 5.41) is 4.31. The fourth-order valence-electron chi connectivity index (χ4n) is 2.72. The van der Waals surface area contributed by atoms with Gasteiger partial charge >= 0.3 is 0 Å². The second-order valence-electron chi connectivity index (χ2n) is 5.57. The Bertz CT molecular complexity index is 948. The third-order valence-electron chi connectivity index (χ3n) is 3.99. The van der Waals surface area contributed by atoms with Crippen LogP contribution in [0.1, 0.15) is 21.7 Å². The molecule has 1 aliphatic rings. The Morgan fingerprint density at radius 3 is 2.88 bits per heavy atom. The van der Waals surface area contributed by atoms with E-state index in [0.717, 1.165) is 22.3 Å². The lowest BCUT2D eigenvalue weighted by Gasteiger charge is -2.05. The molecular weight excluding hydrogens is 330 g/mol. The number of ether oxygens (including phenoxy) is 2. The summed E-state index contributed by atoms with van der Waals surface area (Å²) >= 11 is 6.00. The smallest absolute Gasteiger partial charge is 0.287 e. The van der Waals surface area contributed by atoms with E-state index < -0.39 is 0 Å². The van der Waals surface area contributed by atoms with Crippen LogP contribution < -0.4 is 14.8 Å². The maximum Gasteiger partial charge on any atom is 0.287 e. The highest BCUT2D eigenvalue weighted by Crippen LogP contribution is 2.32. The molecule has 0 radical (unpaired) electrons. The molecule has 5 nitrogen and oxygen atoms in total. The van der Waals surface area contributed by atoms with E-state index in [4.69, 9.17) is 25.5 Å². The lowest BCUT2D eigenvalue weighted by molar-refractivity contribution is 0.0924. The average Bonchev–Trinajstić information content (AvgIpc) is 3.17. The fourth-order valence-corrected chi connectivity index (χ4v) is 2.90. The number of amides is 1. The van der Waals surface area contributed by atoms with Crippen molar-refractivity contribution in [3.63, 3.8) is 0 Å². The van der Waals surface area contributed by atoms with Crippen molar-refractivity contribution in [2.75, 3.05) is 6.79 Å². The molecule has 6 heteroatoms. The highest BCUT2D eigenvalue weighted by molar-refractivity contribution is 6.31. The fraction of sp³-hybridized carbons (Fsp3) is 0.167. The highest BCUT2D eigenvalue weighted by atomic mass is 35.5. The van der Waals surface area contributed by atoms with E-state index in [-0.39, 0.29) is 12.7 Å². The van der Waals surface area contributed by atoms with Crippen LogP contribution >= 0.6 is 11.6 Å². The molecule has 122 valence electrons. The molecule has 0 fully saturated rings. The van der Waals surface area contributed by atoms with Gasteiger partial charge in [-0.25, -0.2) is 0 Å². The molecule has 1 N–H and O–H groups in total. The highest BCUT2D eigenvalue weighted by Gasteiger charge is 2.18. The van der Waals surface area contributed by atoms with Crippen LogP contribution in [0.15, 0.2) is 40.8 Å². The molecular formula is C18H14ClNO4. The van der Waals surface area contributed by atoms with Crippen molar-refractivity contribution < 1.29 is 18.7 Å². The lowest BCUT2D eigenvalue weighted by atomic mass is 10.1. The number of halogens is 1. The Kier molecular flexibility index (Phi) is 3.58. The van der Waals surface area contributed by atoms with E-state index in [1.807, 2.05) is 25.1 Å². The summed E-state index contributed by atoms with van der Waals surface area (Å²) in [5.41, 5.74) is 2.34. The van der Waals surface area contributed by atoms with Crippen molar-refractivity contribution in [2.45, 2.75) is 13.5 Å². The van der Waals surface area contributed by atoms with Crippen molar-refractivity contribution in [2.24, 2.45) is 0 Å². The molecule has 1 aliphatic heterocycles. The van der Waals surface area contributed by atoms with E-state index in [9.17, 15) is 4.79 Å². The number of benzene rings is 2. The first kappa shape index (κ1) is 14.9. The van der Waals surface area contributed by atoms with E-state index >= 15 is 0 Å². The predicted molar refractivity (Wildman–Crippen MR) is 89.7 cm³/mol. The van der Waals surface area contributed by atoms with Gasteiger partial charge in [-0.05, 0) is 42.8 Å². The van der Waals surface area contributed by atoms with E-state index in [1.165, 1.54) is 0 Å². The van der Waals surface area contributed by atoms with Crippen LogP contribution in [0.2, 0.25) is 5.02 Å². The quantitative estimate of drug-likeness (QED) is 0.779. The van der Waals surface area contributed by atoms with Gasteiger partial charge in [-0.3, -0.25) is 4.79 Å². The third-order valence-corrected chi connectivity index (χ3v) is 4.23. The number of aryl methyl sites for hydroxylation is 1. The first-order valence-corrected chi connectivity index (χ1v) is 7.85. The number of carbonyl (C=O) groups is 1. The molecule has 24 heavy (non-hydrogen) atoms.